The van der Waals surface area contributed by atoms with Gasteiger partial charge in [0.15, 0.2) is 12.4 Å². The Morgan fingerprint density at radius 3 is 1.89 bits per heavy atom. The van der Waals surface area contributed by atoms with Crippen molar-refractivity contribution >= 4 is 24.1 Å². The van der Waals surface area contributed by atoms with Crippen LogP contribution >= 0.6 is 0 Å². The third-order valence-electron chi connectivity index (χ3n) is 5.57. The fourth-order valence-electron chi connectivity index (χ4n) is 3.47. The molecule has 5 atom stereocenters. The molecule has 0 saturated carbocycles. The van der Waals surface area contributed by atoms with E-state index in [0.29, 0.717) is 17.1 Å². The van der Waals surface area contributed by atoms with Gasteiger partial charge in [0.25, 0.3) is 0 Å². The molecule has 38 heavy (non-hydrogen) atoms. The fraction of sp³-hybridized carbons (Fsp3) is 0.308. The van der Waals surface area contributed by atoms with Gasteiger partial charge in [-0.25, -0.2) is 9.59 Å². The number of phenolic OH excluding ortho intramolecular Hbond substituents is 2. The number of benzene rings is 2. The normalized spacial score (nSPS) is 23.3. The van der Waals surface area contributed by atoms with Crippen LogP contribution in [-0.2, 0) is 23.8 Å². The Labute approximate surface area is 217 Å². The van der Waals surface area contributed by atoms with Gasteiger partial charge in [0.2, 0.25) is 0 Å². The van der Waals surface area contributed by atoms with E-state index >= 15 is 0 Å². The van der Waals surface area contributed by atoms with E-state index in [0.717, 1.165) is 12.2 Å². The van der Waals surface area contributed by atoms with Crippen LogP contribution in [-0.4, -0.2) is 89.0 Å². The van der Waals surface area contributed by atoms with Gasteiger partial charge in [0.1, 0.15) is 47.9 Å². The fourth-order valence-corrected chi connectivity index (χ4v) is 3.47. The van der Waals surface area contributed by atoms with Crippen molar-refractivity contribution in [2.45, 2.75) is 30.7 Å². The van der Waals surface area contributed by atoms with Crippen molar-refractivity contribution in [3.8, 4) is 23.0 Å². The zero-order valence-corrected chi connectivity index (χ0v) is 20.5. The molecule has 0 aliphatic carbocycles. The monoisotopic (exact) mass is 532 g/mol. The van der Waals surface area contributed by atoms with Crippen molar-refractivity contribution < 1.29 is 58.8 Å². The van der Waals surface area contributed by atoms with Gasteiger partial charge in [-0.1, -0.05) is 0 Å². The maximum atomic E-state index is 12.2. The molecule has 0 amide bonds. The van der Waals surface area contributed by atoms with Gasteiger partial charge in [0.05, 0.1) is 14.2 Å². The second-order valence-corrected chi connectivity index (χ2v) is 8.09. The van der Waals surface area contributed by atoms with Crippen molar-refractivity contribution in [2.75, 3.05) is 20.8 Å². The van der Waals surface area contributed by atoms with Crippen LogP contribution in [0.2, 0.25) is 0 Å². The van der Waals surface area contributed by atoms with E-state index in [2.05, 4.69) is 0 Å². The van der Waals surface area contributed by atoms with Crippen LogP contribution in [0, 0.1) is 0 Å². The van der Waals surface area contributed by atoms with Crippen LogP contribution in [0.3, 0.4) is 0 Å². The summed E-state index contributed by atoms with van der Waals surface area (Å²) in [6.45, 7) is -0.543. The van der Waals surface area contributed by atoms with Crippen molar-refractivity contribution in [3.05, 3.63) is 59.7 Å². The molecule has 0 spiro atoms. The number of methoxy groups -OCH3 is 2. The summed E-state index contributed by atoms with van der Waals surface area (Å²) < 4.78 is 25.3. The first-order valence-electron chi connectivity index (χ1n) is 11.3. The van der Waals surface area contributed by atoms with Crippen molar-refractivity contribution in [1.29, 1.82) is 0 Å². The average Bonchev–Trinajstić information content (AvgIpc) is 2.91. The first-order valence-corrected chi connectivity index (χ1v) is 11.3. The number of carbonyl (C=O) groups excluding carboxylic acids is 2. The van der Waals surface area contributed by atoms with Crippen LogP contribution < -0.4 is 9.47 Å². The molecule has 0 aromatic heterocycles. The SMILES string of the molecule is COc1ccc(O)c(/C=C\C(=O)OC[C@H]2O[C@@H](O)[C@H](OC(=O)/C=C\c3cc(OC)ccc3O)[C@@H](O)[C@@H]2O)c1. The van der Waals surface area contributed by atoms with E-state index in [-0.39, 0.29) is 17.1 Å². The van der Waals surface area contributed by atoms with Gasteiger partial charge >= 0.3 is 11.9 Å². The summed E-state index contributed by atoms with van der Waals surface area (Å²) in [5.74, 6) is -1.18. The molecular weight excluding hydrogens is 504 g/mol. The molecule has 204 valence electrons. The Kier molecular flexibility index (Phi) is 9.68. The second kappa shape index (κ2) is 12.9. The Balaban J connectivity index is 1.54. The lowest BCUT2D eigenvalue weighted by Crippen LogP contribution is -2.59. The van der Waals surface area contributed by atoms with E-state index < -0.39 is 49.3 Å². The summed E-state index contributed by atoms with van der Waals surface area (Å²) in [4.78, 5) is 24.3. The van der Waals surface area contributed by atoms with E-state index in [9.17, 15) is 35.1 Å². The zero-order chi connectivity index (χ0) is 27.8. The van der Waals surface area contributed by atoms with Crippen molar-refractivity contribution in [1.82, 2.24) is 0 Å². The topological polar surface area (TPSA) is 181 Å². The Morgan fingerprint density at radius 1 is 0.842 bits per heavy atom. The molecule has 2 aromatic carbocycles. The molecule has 5 N–H and O–H groups in total. The maximum Gasteiger partial charge on any atom is 0.331 e. The third kappa shape index (κ3) is 7.23. The van der Waals surface area contributed by atoms with Crippen LogP contribution in [0.4, 0.5) is 0 Å². The number of phenols is 2. The number of esters is 2. The molecule has 1 aliphatic rings. The van der Waals surface area contributed by atoms with Gasteiger partial charge < -0.3 is 49.2 Å². The molecule has 1 heterocycles. The number of carbonyl (C=O) groups is 2. The summed E-state index contributed by atoms with van der Waals surface area (Å²) in [5, 5.41) is 50.7. The lowest BCUT2D eigenvalue weighted by molar-refractivity contribution is -0.290. The highest BCUT2D eigenvalue weighted by atomic mass is 16.7. The summed E-state index contributed by atoms with van der Waals surface area (Å²) in [5.41, 5.74) is 0.543. The molecule has 0 bridgehead atoms. The molecule has 3 rings (SSSR count). The lowest BCUT2D eigenvalue weighted by Gasteiger charge is -2.39. The Bertz CT molecular complexity index is 1190. The molecular formula is C26H28O12. The summed E-state index contributed by atoms with van der Waals surface area (Å²) in [6.07, 6.45) is -3.78. The summed E-state index contributed by atoms with van der Waals surface area (Å²) in [6, 6.07) is 8.78. The second-order valence-electron chi connectivity index (χ2n) is 8.09. The Hall–Kier alpha value is -4.10. The van der Waals surface area contributed by atoms with E-state index in [4.69, 9.17) is 23.7 Å². The predicted molar refractivity (Wildman–Crippen MR) is 131 cm³/mol. The standard InChI is InChI=1S/C26H28O12/c1-34-16-5-7-18(27)14(11-16)3-9-21(29)36-13-20-23(31)24(32)25(26(33)37-20)38-22(30)10-4-15-12-17(35-2)6-8-19(15)28/h3-12,20,23-28,31-33H,13H2,1-2H3/b9-3-,10-4-/t20-,23-,24+,25-,26-/m1/s1. The van der Waals surface area contributed by atoms with Gasteiger partial charge in [-0.3, -0.25) is 0 Å². The minimum Gasteiger partial charge on any atom is -0.507 e. The first-order chi connectivity index (χ1) is 18.1. The number of aliphatic hydroxyl groups is 3. The van der Waals surface area contributed by atoms with E-state index in [1.165, 1.54) is 62.8 Å². The number of hydrogen-bond acceptors (Lipinski definition) is 12. The first kappa shape index (κ1) is 28.5. The molecule has 12 nitrogen and oxygen atoms in total. The molecule has 1 fully saturated rings. The Morgan fingerprint density at radius 2 is 1.37 bits per heavy atom. The highest BCUT2D eigenvalue weighted by Crippen LogP contribution is 2.26. The van der Waals surface area contributed by atoms with Gasteiger partial charge in [-0.15, -0.1) is 0 Å². The van der Waals surface area contributed by atoms with Crippen LogP contribution in [0.1, 0.15) is 11.1 Å². The minimum absolute atomic E-state index is 0.0946. The molecule has 0 unspecified atom stereocenters. The molecule has 12 heteroatoms. The number of hydrogen-bond donors (Lipinski definition) is 5. The highest BCUT2D eigenvalue weighted by molar-refractivity contribution is 5.88. The molecule has 1 aliphatic heterocycles. The smallest absolute Gasteiger partial charge is 0.331 e. The number of ether oxygens (including phenoxy) is 5. The quantitative estimate of drug-likeness (QED) is 0.226. The van der Waals surface area contributed by atoms with Crippen LogP contribution in [0.15, 0.2) is 48.6 Å². The predicted octanol–water partition coefficient (Wildman–Crippen LogP) is 0.736. The zero-order valence-electron chi connectivity index (χ0n) is 20.5. The maximum absolute atomic E-state index is 12.2. The van der Waals surface area contributed by atoms with E-state index in [1.807, 2.05) is 0 Å². The summed E-state index contributed by atoms with van der Waals surface area (Å²) in [7, 11) is 2.88. The van der Waals surface area contributed by atoms with Crippen LogP contribution in [0.5, 0.6) is 23.0 Å². The van der Waals surface area contributed by atoms with Gasteiger partial charge in [0, 0.05) is 23.3 Å². The van der Waals surface area contributed by atoms with Crippen LogP contribution in [0.25, 0.3) is 12.2 Å². The molecule has 1 saturated heterocycles. The van der Waals surface area contributed by atoms with E-state index in [1.54, 1.807) is 0 Å². The molecule has 0 radical (unpaired) electrons. The number of rotatable bonds is 9. The van der Waals surface area contributed by atoms with Crippen molar-refractivity contribution in [2.24, 2.45) is 0 Å². The highest BCUT2D eigenvalue weighted by Gasteiger charge is 2.46. The number of aromatic hydroxyl groups is 2. The van der Waals surface area contributed by atoms with Crippen molar-refractivity contribution in [3.63, 3.8) is 0 Å². The largest absolute Gasteiger partial charge is 0.507 e. The minimum atomic E-state index is -1.84. The van der Waals surface area contributed by atoms with Gasteiger partial charge in [-0.2, -0.15) is 0 Å². The lowest BCUT2D eigenvalue weighted by atomic mass is 9.99. The third-order valence-corrected chi connectivity index (χ3v) is 5.57. The average molecular weight is 532 g/mol. The summed E-state index contributed by atoms with van der Waals surface area (Å²) >= 11 is 0. The van der Waals surface area contributed by atoms with Gasteiger partial charge in [-0.05, 0) is 48.6 Å². The molecule has 2 aromatic rings. The number of aliphatic hydroxyl groups excluding tert-OH is 3.